The van der Waals surface area contributed by atoms with Gasteiger partial charge in [0.2, 0.25) is 0 Å². The Bertz CT molecular complexity index is 477. The topological polar surface area (TPSA) is 0 Å². The first kappa shape index (κ1) is 13.8. The highest BCUT2D eigenvalue weighted by Gasteiger charge is 1.96. The number of rotatable bonds is 1. The molecule has 0 aliphatic heterocycles. The van der Waals surface area contributed by atoms with Crippen LogP contribution in [0.4, 0.5) is 0 Å². The van der Waals surface area contributed by atoms with Gasteiger partial charge in [0.15, 0.2) is 0 Å². The summed E-state index contributed by atoms with van der Waals surface area (Å²) >= 11 is 18.0. The first-order valence-electron chi connectivity index (χ1n) is 4.46. The van der Waals surface area contributed by atoms with Gasteiger partial charge in [-0.25, -0.2) is 0 Å². The van der Waals surface area contributed by atoms with Crippen molar-refractivity contribution in [3.05, 3.63) is 38.8 Å². The maximum atomic E-state index is 5.67. The molecule has 0 aliphatic rings. The molecule has 16 heavy (non-hydrogen) atoms. The Kier molecular flexibility index (Phi) is 5.58. The van der Waals surface area contributed by atoms with Gasteiger partial charge in [-0.3, -0.25) is 0 Å². The van der Waals surface area contributed by atoms with E-state index in [-0.39, 0.29) is 9.52 Å². The highest BCUT2D eigenvalue weighted by Crippen LogP contribution is 2.21. The molecule has 0 saturated heterocycles. The minimum absolute atomic E-state index is 0.00477. The van der Waals surface area contributed by atoms with E-state index < -0.39 is 0 Å². The monoisotopic (exact) mass is 290 g/mol. The van der Waals surface area contributed by atoms with Crippen LogP contribution in [0.3, 0.4) is 0 Å². The molecule has 0 fully saturated rings. The molecule has 0 aromatic heterocycles. The van der Waals surface area contributed by atoms with Crippen molar-refractivity contribution in [1.29, 1.82) is 0 Å². The number of aryl methyl sites for hydroxylation is 2. The molecule has 1 aromatic carbocycles. The van der Waals surface area contributed by atoms with Crippen molar-refractivity contribution < 1.29 is 0 Å². The van der Waals surface area contributed by atoms with Crippen molar-refractivity contribution in [3.63, 3.8) is 0 Å². The van der Waals surface area contributed by atoms with E-state index in [1.54, 1.807) is 0 Å². The second-order valence-electron chi connectivity index (χ2n) is 3.15. The molecule has 0 bridgehead atoms. The van der Waals surface area contributed by atoms with Crippen LogP contribution in [0.15, 0.2) is 32.6 Å². The van der Waals surface area contributed by atoms with Gasteiger partial charge in [-0.05, 0) is 60.0 Å². The largest absolute Gasteiger partial charge is 0.133 e. The SMILES string of the molecule is Cc1ccc(SC#CC(Cl)=C(Cl)Cl)cc1C. The predicted molar refractivity (Wildman–Crippen MR) is 74.1 cm³/mol. The number of hydrogen-bond donors (Lipinski definition) is 0. The molecule has 0 heterocycles. The summed E-state index contributed by atoms with van der Waals surface area (Å²) in [5.74, 6) is 2.66. The third-order valence-electron chi connectivity index (χ3n) is 1.97. The fourth-order valence-corrected chi connectivity index (χ4v) is 1.79. The lowest BCUT2D eigenvalue weighted by Gasteiger charge is -2.00. The van der Waals surface area contributed by atoms with E-state index in [4.69, 9.17) is 34.8 Å². The van der Waals surface area contributed by atoms with Crippen molar-refractivity contribution >= 4 is 46.6 Å². The van der Waals surface area contributed by atoms with Crippen LogP contribution in [0.5, 0.6) is 0 Å². The molecule has 0 saturated carbocycles. The summed E-state index contributed by atoms with van der Waals surface area (Å²) in [6, 6.07) is 6.15. The average Bonchev–Trinajstić information content (AvgIpc) is 2.23. The zero-order valence-corrected chi connectivity index (χ0v) is 11.9. The van der Waals surface area contributed by atoms with Crippen LogP contribution in [0.2, 0.25) is 0 Å². The minimum atomic E-state index is -0.00477. The summed E-state index contributed by atoms with van der Waals surface area (Å²) in [6.07, 6.45) is 0. The highest BCUT2D eigenvalue weighted by atomic mass is 35.5. The fraction of sp³-hybridized carbons (Fsp3) is 0.167. The van der Waals surface area contributed by atoms with E-state index in [0.717, 1.165) is 4.90 Å². The predicted octanol–water partition coefficient (Wildman–Crippen LogP) is 5.24. The van der Waals surface area contributed by atoms with Crippen LogP contribution in [-0.2, 0) is 0 Å². The molecular weight excluding hydrogens is 283 g/mol. The standard InChI is InChI=1S/C12H9Cl3S/c1-8-3-4-10(7-9(8)2)16-6-5-11(13)12(14)15/h3-4,7H,1-2H3. The first-order valence-corrected chi connectivity index (χ1v) is 6.41. The fourth-order valence-electron chi connectivity index (χ4n) is 0.954. The van der Waals surface area contributed by atoms with Crippen LogP contribution < -0.4 is 0 Å². The maximum Gasteiger partial charge on any atom is 0.133 e. The maximum absolute atomic E-state index is 5.67. The van der Waals surface area contributed by atoms with E-state index in [1.165, 1.54) is 22.9 Å². The summed E-state index contributed by atoms with van der Waals surface area (Å²) in [5.41, 5.74) is 2.50. The van der Waals surface area contributed by atoms with Gasteiger partial charge in [0.1, 0.15) is 9.52 Å². The zero-order chi connectivity index (χ0) is 12.1. The smallest absolute Gasteiger partial charge is 0.0717 e. The van der Waals surface area contributed by atoms with E-state index in [0.29, 0.717) is 0 Å². The number of thioether (sulfide) groups is 1. The lowest BCUT2D eigenvalue weighted by Crippen LogP contribution is -1.79. The third-order valence-corrected chi connectivity index (χ3v) is 3.52. The van der Waals surface area contributed by atoms with Gasteiger partial charge in [-0.15, -0.1) is 0 Å². The molecule has 0 radical (unpaired) electrons. The summed E-state index contributed by atoms with van der Waals surface area (Å²) < 4.78 is -0.00477. The van der Waals surface area contributed by atoms with Gasteiger partial charge >= 0.3 is 0 Å². The Morgan fingerprint density at radius 2 is 1.81 bits per heavy atom. The van der Waals surface area contributed by atoms with E-state index in [1.807, 2.05) is 6.07 Å². The lowest BCUT2D eigenvalue weighted by atomic mass is 10.1. The van der Waals surface area contributed by atoms with E-state index in [9.17, 15) is 0 Å². The molecule has 0 spiro atoms. The molecule has 0 amide bonds. The second kappa shape index (κ2) is 6.47. The summed E-state index contributed by atoms with van der Waals surface area (Å²) in [6.45, 7) is 4.14. The van der Waals surface area contributed by atoms with Crippen LogP contribution in [-0.4, -0.2) is 0 Å². The van der Waals surface area contributed by atoms with Crippen molar-refractivity contribution in [2.45, 2.75) is 18.7 Å². The van der Waals surface area contributed by atoms with Crippen LogP contribution in [0.1, 0.15) is 11.1 Å². The molecule has 4 heteroatoms. The van der Waals surface area contributed by atoms with Gasteiger partial charge in [0, 0.05) is 4.90 Å². The summed E-state index contributed by atoms with van der Waals surface area (Å²) in [7, 11) is 0. The molecule has 0 nitrogen and oxygen atoms in total. The van der Waals surface area contributed by atoms with Crippen molar-refractivity contribution in [2.24, 2.45) is 0 Å². The highest BCUT2D eigenvalue weighted by molar-refractivity contribution is 8.04. The Balaban J connectivity index is 2.76. The molecule has 1 rings (SSSR count). The molecule has 1 aromatic rings. The zero-order valence-electron chi connectivity index (χ0n) is 8.77. The van der Waals surface area contributed by atoms with Crippen LogP contribution >= 0.6 is 46.6 Å². The average molecular weight is 292 g/mol. The molecule has 0 atom stereocenters. The Morgan fingerprint density at radius 1 is 1.12 bits per heavy atom. The van der Waals surface area contributed by atoms with Crippen molar-refractivity contribution in [3.8, 4) is 11.2 Å². The summed E-state index contributed by atoms with van der Waals surface area (Å²) in [4.78, 5) is 1.07. The van der Waals surface area contributed by atoms with Crippen LogP contribution in [0, 0.1) is 25.0 Å². The quantitative estimate of drug-likeness (QED) is 0.503. The van der Waals surface area contributed by atoms with Gasteiger partial charge < -0.3 is 0 Å². The first-order chi connectivity index (χ1) is 7.50. The molecular formula is C12H9Cl3S. The molecule has 0 aliphatic carbocycles. The molecule has 84 valence electrons. The Morgan fingerprint density at radius 3 is 2.38 bits per heavy atom. The van der Waals surface area contributed by atoms with Gasteiger partial charge in [-0.2, -0.15) is 0 Å². The van der Waals surface area contributed by atoms with E-state index >= 15 is 0 Å². The second-order valence-corrected chi connectivity index (χ2v) is 5.36. The van der Waals surface area contributed by atoms with Gasteiger partial charge in [-0.1, -0.05) is 40.9 Å². The summed E-state index contributed by atoms with van der Waals surface area (Å²) in [5, 5.41) is 3.00. The van der Waals surface area contributed by atoms with Crippen molar-refractivity contribution in [2.75, 3.05) is 0 Å². The number of halogens is 3. The molecule has 0 N–H and O–H groups in total. The number of benzene rings is 1. The number of hydrogen-bond acceptors (Lipinski definition) is 1. The Labute approximate surface area is 115 Å². The van der Waals surface area contributed by atoms with Crippen LogP contribution in [0.25, 0.3) is 0 Å². The minimum Gasteiger partial charge on any atom is -0.0717 e. The van der Waals surface area contributed by atoms with Gasteiger partial charge in [0.05, 0.1) is 0 Å². The van der Waals surface area contributed by atoms with E-state index in [2.05, 4.69) is 37.2 Å². The third kappa shape index (κ3) is 4.31. The normalized spacial score (nSPS) is 9.31. The number of allylic oxidation sites excluding steroid dienone is 1. The molecule has 0 unspecified atom stereocenters. The lowest BCUT2D eigenvalue weighted by molar-refractivity contribution is 1.28. The van der Waals surface area contributed by atoms with Crippen molar-refractivity contribution in [1.82, 2.24) is 0 Å². The van der Waals surface area contributed by atoms with Gasteiger partial charge in [0.25, 0.3) is 0 Å². The Hall–Kier alpha value is -0.260.